The fourth-order valence-corrected chi connectivity index (χ4v) is 6.40. The molecule has 2 amide bonds. The smallest absolute Gasteiger partial charge is 0.325 e. The Morgan fingerprint density at radius 2 is 1.44 bits per heavy atom. The first-order valence-corrected chi connectivity index (χ1v) is 21.7. The van der Waals surface area contributed by atoms with E-state index in [1.54, 1.807) is 29.9 Å². The Bertz CT molecular complexity index is 1990. The number of ether oxygens (including phenoxy) is 7. The number of hydrogen-bond donors (Lipinski definition) is 7. The third-order valence-corrected chi connectivity index (χ3v) is 10.1. The molecule has 0 unspecified atom stereocenters. The van der Waals surface area contributed by atoms with Crippen molar-refractivity contribution in [3.05, 3.63) is 64.7 Å². The van der Waals surface area contributed by atoms with E-state index in [1.807, 2.05) is 0 Å². The minimum absolute atomic E-state index is 0.0456. The predicted octanol–water partition coefficient (Wildman–Crippen LogP) is 2.24. The number of halogens is 5. The number of urea groups is 1. The maximum atomic E-state index is 13.6. The molecule has 7 N–H and O–H groups in total. The normalized spacial score (nSPS) is 18.8. The molecular formula is C38H51F5N5O15P. The second-order valence-electron chi connectivity index (χ2n) is 14.2. The van der Waals surface area contributed by atoms with Gasteiger partial charge in [-0.05, 0) is 56.4 Å². The molecule has 1 aliphatic heterocycles. The van der Waals surface area contributed by atoms with Gasteiger partial charge in [-0.15, -0.1) is 5.10 Å². The number of aliphatic hydroxyl groups is 3. The topological polar surface area (TPSA) is 272 Å². The van der Waals surface area contributed by atoms with Gasteiger partial charge in [-0.1, -0.05) is 5.21 Å². The van der Waals surface area contributed by atoms with Crippen LogP contribution in [-0.4, -0.2) is 148 Å². The van der Waals surface area contributed by atoms with Crippen molar-refractivity contribution in [2.45, 2.75) is 76.3 Å². The van der Waals surface area contributed by atoms with Crippen molar-refractivity contribution >= 4 is 25.3 Å². The molecule has 1 aromatic heterocycles. The maximum absolute atomic E-state index is 13.6. The van der Waals surface area contributed by atoms with Gasteiger partial charge in [0.2, 0.25) is 41.1 Å². The lowest BCUT2D eigenvalue weighted by Gasteiger charge is -2.40. The summed E-state index contributed by atoms with van der Waals surface area (Å²) >= 11 is 0. The van der Waals surface area contributed by atoms with Crippen molar-refractivity contribution < 1.29 is 94.4 Å². The average Bonchev–Trinajstić information content (AvgIpc) is 3.71. The third-order valence-electron chi connectivity index (χ3n) is 9.22. The molecular weight excluding hydrogens is 892 g/mol. The first kappa shape index (κ1) is 52.2. The van der Waals surface area contributed by atoms with Gasteiger partial charge >= 0.3 is 19.6 Å². The second-order valence-corrected chi connectivity index (χ2v) is 15.9. The van der Waals surface area contributed by atoms with Gasteiger partial charge < -0.3 is 68.9 Å². The predicted molar refractivity (Wildman–Crippen MR) is 210 cm³/mol. The molecule has 26 heteroatoms. The van der Waals surface area contributed by atoms with Crippen LogP contribution < -0.4 is 20.1 Å². The quantitative estimate of drug-likeness (QED) is 0.0110. The van der Waals surface area contributed by atoms with Gasteiger partial charge in [0.15, 0.2) is 0 Å². The lowest BCUT2D eigenvalue weighted by molar-refractivity contribution is -0.272. The molecule has 64 heavy (non-hydrogen) atoms. The van der Waals surface area contributed by atoms with E-state index in [-0.39, 0.29) is 45.2 Å². The summed E-state index contributed by atoms with van der Waals surface area (Å²) in [5.41, 5.74) is 1.85. The zero-order valence-electron chi connectivity index (χ0n) is 34.5. The molecule has 1 saturated heterocycles. The van der Waals surface area contributed by atoms with Crippen LogP contribution in [0.5, 0.6) is 11.5 Å². The number of carbonyl (C=O) groups excluding carboxylic acids is 2. The average molecular weight is 944 g/mol. The molecule has 1 fully saturated rings. The molecule has 0 bridgehead atoms. The lowest BCUT2D eigenvalue weighted by atomic mass is 9.97. The number of amides is 2. The van der Waals surface area contributed by atoms with Crippen LogP contribution in [-0.2, 0) is 46.0 Å². The van der Waals surface area contributed by atoms with Gasteiger partial charge in [0.05, 0.1) is 83.8 Å². The lowest BCUT2D eigenvalue weighted by Crippen LogP contribution is -2.59. The highest BCUT2D eigenvalue weighted by atomic mass is 31.2. The zero-order valence-corrected chi connectivity index (χ0v) is 35.4. The highest BCUT2D eigenvalue weighted by Gasteiger charge is 2.45. The van der Waals surface area contributed by atoms with Crippen LogP contribution in [0.25, 0.3) is 0 Å². The highest BCUT2D eigenvalue weighted by Crippen LogP contribution is 2.37. The Hall–Kier alpha value is -4.40. The van der Waals surface area contributed by atoms with Crippen molar-refractivity contribution in [3.8, 4) is 11.5 Å². The van der Waals surface area contributed by atoms with Crippen LogP contribution in [0, 0.1) is 36.0 Å². The Kier molecular flexibility index (Phi) is 21.2. The SMILES string of the molecule is Cc1cc(O[C@H]2O[C@H](CCP(=O)(O)O)[C@@H](O)[C@H](O)[C@@H]2O)ccc1NC(=O)NCCCCc1cn(CCOCCOCCOCCOCCC(=O)Oc2c(F)c(F)c(F)c(F)c2F)nn1. The van der Waals surface area contributed by atoms with E-state index in [9.17, 15) is 51.4 Å². The number of nitrogens with one attached hydrogen (secondary N) is 2. The van der Waals surface area contributed by atoms with E-state index >= 15 is 0 Å². The Balaban J connectivity index is 0.973. The summed E-state index contributed by atoms with van der Waals surface area (Å²) in [4.78, 5) is 42.5. The van der Waals surface area contributed by atoms with E-state index in [0.29, 0.717) is 57.0 Å². The van der Waals surface area contributed by atoms with Gasteiger partial charge in [-0.2, -0.15) is 8.78 Å². The van der Waals surface area contributed by atoms with Crippen LogP contribution in [0.3, 0.4) is 0 Å². The number of carbonyl (C=O) groups is 2. The van der Waals surface area contributed by atoms with Crippen LogP contribution >= 0.6 is 7.60 Å². The molecule has 0 spiro atoms. The summed E-state index contributed by atoms with van der Waals surface area (Å²) in [6, 6.07) is 4.18. The Morgan fingerprint density at radius 1 is 0.828 bits per heavy atom. The van der Waals surface area contributed by atoms with Crippen molar-refractivity contribution in [2.24, 2.45) is 0 Å². The standard InChI is InChI=1S/C38H51F5N5O15P/c1-22-20-24(61-37-35(52)34(51)33(50)26(62-37)8-19-64(54,55)56)5-6-25(22)45-38(53)44-9-3-2-4-23-21-48(47-46-23)10-12-58-14-16-60-18-17-59-15-13-57-11-7-27(49)63-36-31(42)29(40)28(39)30(41)32(36)43/h5-6,20-21,26,33-35,37,50-52H,2-4,7-19H2,1H3,(H2,44,45,53)(H2,54,55,56)/t26-,33-,34+,35+,37+/m1/s1. The van der Waals surface area contributed by atoms with E-state index in [4.69, 9.17) is 38.2 Å². The molecule has 3 aromatic rings. The molecule has 2 aromatic carbocycles. The second kappa shape index (κ2) is 25.9. The summed E-state index contributed by atoms with van der Waals surface area (Å²) in [5, 5.41) is 44.5. The number of nitrogens with zero attached hydrogens (tertiary/aromatic N) is 3. The highest BCUT2D eigenvalue weighted by molar-refractivity contribution is 7.51. The van der Waals surface area contributed by atoms with Crippen LogP contribution in [0.1, 0.15) is 36.9 Å². The molecule has 20 nitrogen and oxygen atoms in total. The largest absolute Gasteiger partial charge is 0.462 e. The number of aryl methyl sites for hydroxylation is 2. The molecule has 0 saturated carbocycles. The number of anilines is 1. The molecule has 2 heterocycles. The van der Waals surface area contributed by atoms with Gasteiger partial charge in [0, 0.05) is 18.4 Å². The molecule has 5 atom stereocenters. The van der Waals surface area contributed by atoms with E-state index in [1.165, 1.54) is 6.07 Å². The van der Waals surface area contributed by atoms with Crippen molar-refractivity contribution in [3.63, 3.8) is 0 Å². The summed E-state index contributed by atoms with van der Waals surface area (Å²) in [6.07, 6.45) is -5.11. The third kappa shape index (κ3) is 16.9. The first-order valence-electron chi connectivity index (χ1n) is 19.9. The van der Waals surface area contributed by atoms with Gasteiger partial charge in [-0.25, -0.2) is 22.6 Å². The number of aromatic nitrogens is 3. The number of aliphatic hydroxyl groups excluding tert-OH is 3. The first-order chi connectivity index (χ1) is 30.4. The van der Waals surface area contributed by atoms with E-state index < -0.39 is 97.7 Å². The fourth-order valence-electron chi connectivity index (χ4n) is 5.81. The fraction of sp³-hybridized carbons (Fsp3) is 0.579. The van der Waals surface area contributed by atoms with Crippen molar-refractivity contribution in [1.29, 1.82) is 0 Å². The number of rotatable bonds is 27. The van der Waals surface area contributed by atoms with Gasteiger partial charge in [0.25, 0.3) is 0 Å². The molecule has 358 valence electrons. The number of hydrogen-bond acceptors (Lipinski definition) is 15. The zero-order chi connectivity index (χ0) is 46.8. The Labute approximate surface area is 363 Å². The van der Waals surface area contributed by atoms with Gasteiger partial charge in [0.1, 0.15) is 24.1 Å². The minimum Gasteiger partial charge on any atom is -0.462 e. The number of benzene rings is 2. The number of esters is 1. The Morgan fingerprint density at radius 3 is 2.06 bits per heavy atom. The monoisotopic (exact) mass is 943 g/mol. The molecule has 4 rings (SSSR count). The van der Waals surface area contributed by atoms with E-state index in [0.717, 1.165) is 12.1 Å². The minimum atomic E-state index is -4.40. The van der Waals surface area contributed by atoms with Crippen molar-refractivity contribution in [2.75, 3.05) is 70.9 Å². The maximum Gasteiger partial charge on any atom is 0.325 e. The van der Waals surface area contributed by atoms with Crippen LogP contribution in [0.2, 0.25) is 0 Å². The molecule has 0 radical (unpaired) electrons. The molecule has 1 aliphatic rings. The van der Waals surface area contributed by atoms with Crippen LogP contribution in [0.15, 0.2) is 24.4 Å². The van der Waals surface area contributed by atoms with Crippen molar-refractivity contribution in [1.82, 2.24) is 20.3 Å². The van der Waals surface area contributed by atoms with E-state index in [2.05, 4.69) is 25.7 Å². The summed E-state index contributed by atoms with van der Waals surface area (Å²) < 4.78 is 117. The van der Waals surface area contributed by atoms with Crippen LogP contribution in [0.4, 0.5) is 32.4 Å². The summed E-state index contributed by atoms with van der Waals surface area (Å²) in [6.45, 7) is 3.95. The summed E-state index contributed by atoms with van der Waals surface area (Å²) in [7, 11) is -4.40. The number of unbranched alkanes of at least 4 members (excludes halogenated alkanes) is 1. The van der Waals surface area contributed by atoms with Gasteiger partial charge in [-0.3, -0.25) is 9.36 Å². The summed E-state index contributed by atoms with van der Waals surface area (Å²) in [5.74, 6) is -14.1. The molecule has 0 aliphatic carbocycles.